The highest BCUT2D eigenvalue weighted by atomic mass is 16.5. The van der Waals surface area contributed by atoms with Gasteiger partial charge in [0.05, 0.1) is 17.6 Å². The van der Waals surface area contributed by atoms with E-state index in [4.69, 9.17) is 4.74 Å². The number of anilines is 1. The van der Waals surface area contributed by atoms with E-state index in [1.807, 2.05) is 19.1 Å². The molecule has 1 fully saturated rings. The number of pyridine rings is 1. The van der Waals surface area contributed by atoms with Crippen LogP contribution < -0.4 is 10.1 Å². The first-order valence-electron chi connectivity index (χ1n) is 9.15. The van der Waals surface area contributed by atoms with Crippen molar-refractivity contribution in [2.45, 2.75) is 58.0 Å². The molecule has 1 amide bonds. The number of nitrogens with one attached hydrogen (secondary N) is 2. The Balaban J connectivity index is 1.34. The molecule has 6 nitrogen and oxygen atoms in total. The molecule has 4 rings (SSSR count). The largest absolute Gasteiger partial charge is 0.474 e. The molecule has 2 N–H and O–H groups in total. The van der Waals surface area contributed by atoms with Gasteiger partial charge in [-0.05, 0) is 51.5 Å². The summed E-state index contributed by atoms with van der Waals surface area (Å²) in [6.07, 6.45) is 9.06. The van der Waals surface area contributed by atoms with Crippen molar-refractivity contribution in [1.82, 2.24) is 15.0 Å². The highest BCUT2D eigenvalue weighted by Crippen LogP contribution is 2.26. The molecule has 2 aromatic heterocycles. The lowest BCUT2D eigenvalue weighted by molar-refractivity contribution is -0.120. The smallest absolute Gasteiger partial charge is 0.227 e. The first kappa shape index (κ1) is 16.1. The molecular weight excluding hydrogens is 316 g/mol. The number of rotatable bonds is 4. The van der Waals surface area contributed by atoms with Crippen molar-refractivity contribution in [3.8, 4) is 5.88 Å². The SMILES string of the molecule is Cc1nc2c([nH]1)CC(C(=O)Nc1ccc(OC3CCCC3)nc1)CC2. The van der Waals surface area contributed by atoms with Crippen LogP contribution in [0.15, 0.2) is 18.3 Å². The standard InChI is InChI=1S/C19H24N4O2/c1-12-21-16-8-6-13(10-17(16)22-12)19(24)23-14-7-9-18(20-11-14)25-15-4-2-3-5-15/h7,9,11,13,15H,2-6,8,10H2,1H3,(H,21,22)(H,23,24). The molecule has 2 aliphatic carbocycles. The Morgan fingerprint density at radius 2 is 2.12 bits per heavy atom. The van der Waals surface area contributed by atoms with Gasteiger partial charge in [0, 0.05) is 24.1 Å². The molecule has 1 saturated carbocycles. The maximum atomic E-state index is 12.5. The zero-order valence-electron chi connectivity index (χ0n) is 14.5. The van der Waals surface area contributed by atoms with Gasteiger partial charge in [-0.25, -0.2) is 9.97 Å². The van der Waals surface area contributed by atoms with E-state index < -0.39 is 0 Å². The van der Waals surface area contributed by atoms with E-state index in [0.29, 0.717) is 12.0 Å². The summed E-state index contributed by atoms with van der Waals surface area (Å²) in [6.45, 7) is 1.95. The van der Waals surface area contributed by atoms with Crippen LogP contribution in [-0.4, -0.2) is 27.0 Å². The van der Waals surface area contributed by atoms with Crippen LogP contribution in [0.4, 0.5) is 5.69 Å². The second-order valence-corrected chi connectivity index (χ2v) is 7.09. The van der Waals surface area contributed by atoms with E-state index in [2.05, 4.69) is 20.3 Å². The molecule has 0 bridgehead atoms. The van der Waals surface area contributed by atoms with Gasteiger partial charge in [-0.3, -0.25) is 4.79 Å². The molecule has 0 radical (unpaired) electrons. The summed E-state index contributed by atoms with van der Waals surface area (Å²) in [5, 5.41) is 2.98. The molecule has 1 atom stereocenters. The van der Waals surface area contributed by atoms with Crippen molar-refractivity contribution in [3.63, 3.8) is 0 Å². The van der Waals surface area contributed by atoms with Gasteiger partial charge in [-0.15, -0.1) is 0 Å². The maximum Gasteiger partial charge on any atom is 0.227 e. The number of carbonyl (C=O) groups excluding carboxylic acids is 1. The molecule has 25 heavy (non-hydrogen) atoms. The third-order valence-electron chi connectivity index (χ3n) is 5.13. The van der Waals surface area contributed by atoms with Crippen molar-refractivity contribution in [3.05, 3.63) is 35.5 Å². The molecule has 0 saturated heterocycles. The predicted molar refractivity (Wildman–Crippen MR) is 94.6 cm³/mol. The Bertz CT molecular complexity index is 747. The number of hydrogen-bond acceptors (Lipinski definition) is 4. The quantitative estimate of drug-likeness (QED) is 0.896. The Morgan fingerprint density at radius 3 is 2.88 bits per heavy atom. The van der Waals surface area contributed by atoms with Gasteiger partial charge in [0.1, 0.15) is 11.9 Å². The molecule has 2 heterocycles. The van der Waals surface area contributed by atoms with Gasteiger partial charge in [-0.1, -0.05) is 0 Å². The van der Waals surface area contributed by atoms with Gasteiger partial charge in [0.2, 0.25) is 11.8 Å². The van der Waals surface area contributed by atoms with Crippen LogP contribution in [0, 0.1) is 12.8 Å². The first-order valence-corrected chi connectivity index (χ1v) is 9.15. The summed E-state index contributed by atoms with van der Waals surface area (Å²) < 4.78 is 5.86. The fourth-order valence-electron chi connectivity index (χ4n) is 3.79. The maximum absolute atomic E-state index is 12.5. The molecule has 0 aromatic carbocycles. The van der Waals surface area contributed by atoms with Crippen molar-refractivity contribution >= 4 is 11.6 Å². The number of aromatic amines is 1. The third kappa shape index (κ3) is 3.67. The highest BCUT2D eigenvalue weighted by molar-refractivity contribution is 5.92. The van der Waals surface area contributed by atoms with Crippen LogP contribution >= 0.6 is 0 Å². The summed E-state index contributed by atoms with van der Waals surface area (Å²) >= 11 is 0. The number of carbonyl (C=O) groups is 1. The lowest BCUT2D eigenvalue weighted by Gasteiger charge is -2.20. The average molecular weight is 340 g/mol. The number of ether oxygens (including phenoxy) is 1. The van der Waals surface area contributed by atoms with Gasteiger partial charge >= 0.3 is 0 Å². The van der Waals surface area contributed by atoms with Gasteiger partial charge in [-0.2, -0.15) is 0 Å². The van der Waals surface area contributed by atoms with Crippen LogP contribution in [-0.2, 0) is 17.6 Å². The van der Waals surface area contributed by atoms with Crippen LogP contribution in [0.2, 0.25) is 0 Å². The number of H-pyrrole nitrogens is 1. The highest BCUT2D eigenvalue weighted by Gasteiger charge is 2.27. The fourth-order valence-corrected chi connectivity index (χ4v) is 3.79. The Hall–Kier alpha value is -2.37. The Kier molecular flexibility index (Phi) is 4.42. The van der Waals surface area contributed by atoms with Gasteiger partial charge < -0.3 is 15.0 Å². The molecule has 2 aliphatic rings. The number of aryl methyl sites for hydroxylation is 2. The van der Waals surface area contributed by atoms with Crippen LogP contribution in [0.25, 0.3) is 0 Å². The van der Waals surface area contributed by atoms with Crippen molar-refractivity contribution < 1.29 is 9.53 Å². The van der Waals surface area contributed by atoms with Gasteiger partial charge in [0.15, 0.2) is 0 Å². The molecule has 132 valence electrons. The number of nitrogens with zero attached hydrogens (tertiary/aromatic N) is 2. The molecule has 0 aliphatic heterocycles. The summed E-state index contributed by atoms with van der Waals surface area (Å²) in [4.78, 5) is 24.6. The molecule has 1 unspecified atom stereocenters. The second kappa shape index (κ2) is 6.86. The second-order valence-electron chi connectivity index (χ2n) is 7.09. The Morgan fingerprint density at radius 1 is 1.28 bits per heavy atom. The van der Waals surface area contributed by atoms with Crippen molar-refractivity contribution in [2.24, 2.45) is 5.92 Å². The summed E-state index contributed by atoms with van der Waals surface area (Å²) in [5.74, 6) is 1.58. The minimum absolute atomic E-state index is 0.0261. The van der Waals surface area contributed by atoms with E-state index in [1.165, 1.54) is 12.8 Å². The van der Waals surface area contributed by atoms with E-state index in [-0.39, 0.29) is 11.8 Å². The number of amides is 1. The zero-order valence-corrected chi connectivity index (χ0v) is 14.5. The normalized spacial score (nSPS) is 20.3. The fraction of sp³-hybridized carbons (Fsp3) is 0.526. The number of fused-ring (bicyclic) bond motifs is 1. The lowest BCUT2D eigenvalue weighted by atomic mass is 9.89. The number of imidazole rings is 1. The lowest BCUT2D eigenvalue weighted by Crippen LogP contribution is -2.28. The van der Waals surface area contributed by atoms with Crippen LogP contribution in [0.3, 0.4) is 0 Å². The summed E-state index contributed by atoms with van der Waals surface area (Å²) in [6, 6.07) is 3.70. The number of aromatic nitrogens is 3. The van der Waals surface area contributed by atoms with Gasteiger partial charge in [0.25, 0.3) is 0 Å². The van der Waals surface area contributed by atoms with Crippen LogP contribution in [0.1, 0.15) is 49.3 Å². The van der Waals surface area contributed by atoms with Crippen molar-refractivity contribution in [1.29, 1.82) is 0 Å². The third-order valence-corrected chi connectivity index (χ3v) is 5.13. The van der Waals surface area contributed by atoms with E-state index in [0.717, 1.165) is 55.0 Å². The minimum atomic E-state index is -0.0261. The summed E-state index contributed by atoms with van der Waals surface area (Å²) in [5.41, 5.74) is 2.93. The minimum Gasteiger partial charge on any atom is -0.474 e. The van der Waals surface area contributed by atoms with Crippen LogP contribution in [0.5, 0.6) is 5.88 Å². The van der Waals surface area contributed by atoms with Crippen molar-refractivity contribution in [2.75, 3.05) is 5.32 Å². The average Bonchev–Trinajstić information content (AvgIpc) is 3.24. The molecule has 6 heteroatoms. The first-order chi connectivity index (χ1) is 12.2. The zero-order chi connectivity index (χ0) is 17.2. The topological polar surface area (TPSA) is 79.9 Å². The molecular formula is C19H24N4O2. The van der Waals surface area contributed by atoms with E-state index >= 15 is 0 Å². The number of hydrogen-bond donors (Lipinski definition) is 2. The molecule has 0 spiro atoms. The summed E-state index contributed by atoms with van der Waals surface area (Å²) in [7, 11) is 0. The van der Waals surface area contributed by atoms with E-state index in [1.54, 1.807) is 6.20 Å². The Labute approximate surface area is 147 Å². The van der Waals surface area contributed by atoms with E-state index in [9.17, 15) is 4.79 Å². The molecule has 2 aromatic rings. The predicted octanol–water partition coefficient (Wildman–Crippen LogP) is 3.18. The monoisotopic (exact) mass is 340 g/mol.